The van der Waals surface area contributed by atoms with Crippen LogP contribution in [0.5, 0.6) is 0 Å². The fraction of sp³-hybridized carbons (Fsp3) is 0.750. The number of hydrogen-bond acceptors (Lipinski definition) is 3. The molecule has 20 heavy (non-hydrogen) atoms. The minimum Gasteiger partial charge on any atom is -0.315 e. The summed E-state index contributed by atoms with van der Waals surface area (Å²) in [6.07, 6.45) is 6.35. The van der Waals surface area contributed by atoms with Crippen LogP contribution in [0.4, 0.5) is 0 Å². The third-order valence-corrected chi connectivity index (χ3v) is 6.18. The molecule has 0 aliphatic heterocycles. The summed E-state index contributed by atoms with van der Waals surface area (Å²) in [5.74, 6) is 0.814. The first kappa shape index (κ1) is 16.3. The van der Waals surface area contributed by atoms with Gasteiger partial charge in [-0.2, -0.15) is 0 Å². The summed E-state index contributed by atoms with van der Waals surface area (Å²) in [4.78, 5) is 3.84. The Morgan fingerprint density at radius 1 is 1.50 bits per heavy atom. The zero-order valence-electron chi connectivity index (χ0n) is 13.1. The molecule has 0 spiro atoms. The highest BCUT2D eigenvalue weighted by Gasteiger charge is 2.43. The molecule has 2 rings (SSSR count). The molecule has 1 N–H and O–H groups in total. The molecule has 3 unspecified atom stereocenters. The zero-order valence-corrected chi connectivity index (χ0v) is 14.7. The Labute approximate surface area is 132 Å². The van der Waals surface area contributed by atoms with Crippen molar-refractivity contribution in [1.82, 2.24) is 10.2 Å². The first-order chi connectivity index (χ1) is 9.48. The highest BCUT2D eigenvalue weighted by atomic mass is 35.5. The molecule has 1 aliphatic carbocycles. The van der Waals surface area contributed by atoms with E-state index in [1.807, 2.05) is 6.07 Å². The molecule has 1 aromatic rings. The monoisotopic (exact) mass is 314 g/mol. The van der Waals surface area contributed by atoms with Crippen molar-refractivity contribution in [3.63, 3.8) is 0 Å². The van der Waals surface area contributed by atoms with Crippen LogP contribution in [0.2, 0.25) is 4.34 Å². The molecular weight excluding hydrogens is 288 g/mol. The van der Waals surface area contributed by atoms with Gasteiger partial charge >= 0.3 is 0 Å². The average molecular weight is 315 g/mol. The average Bonchev–Trinajstić information content (AvgIpc) is 2.81. The van der Waals surface area contributed by atoms with Gasteiger partial charge in [-0.05, 0) is 58.5 Å². The SMILES string of the molecule is CNC(Cc1ccc(Cl)s1)C1(N(C)C)CCCC(C)C1. The molecule has 1 fully saturated rings. The quantitative estimate of drug-likeness (QED) is 0.882. The molecule has 0 saturated heterocycles. The number of nitrogens with one attached hydrogen (secondary N) is 1. The third-order valence-electron chi connectivity index (χ3n) is 4.93. The van der Waals surface area contributed by atoms with Crippen molar-refractivity contribution < 1.29 is 0 Å². The second-order valence-electron chi connectivity index (χ2n) is 6.45. The number of thiophene rings is 1. The number of likely N-dealkylation sites (N-methyl/N-ethyl adjacent to an activating group) is 2. The van der Waals surface area contributed by atoms with E-state index in [0.717, 1.165) is 16.7 Å². The molecule has 1 saturated carbocycles. The van der Waals surface area contributed by atoms with Crippen molar-refractivity contribution in [2.45, 2.75) is 50.6 Å². The van der Waals surface area contributed by atoms with Gasteiger partial charge < -0.3 is 10.2 Å². The molecular formula is C16H27ClN2S. The van der Waals surface area contributed by atoms with E-state index in [9.17, 15) is 0 Å². The topological polar surface area (TPSA) is 15.3 Å². The maximum absolute atomic E-state index is 6.08. The number of rotatable bonds is 5. The normalized spacial score (nSPS) is 28.8. The fourth-order valence-corrected chi connectivity index (χ4v) is 4.95. The highest BCUT2D eigenvalue weighted by Crippen LogP contribution is 2.39. The van der Waals surface area contributed by atoms with Gasteiger partial charge in [0.25, 0.3) is 0 Å². The van der Waals surface area contributed by atoms with Crippen molar-refractivity contribution in [1.29, 1.82) is 0 Å². The van der Waals surface area contributed by atoms with Crippen molar-refractivity contribution >= 4 is 22.9 Å². The van der Waals surface area contributed by atoms with E-state index in [-0.39, 0.29) is 5.54 Å². The van der Waals surface area contributed by atoms with Crippen LogP contribution in [-0.4, -0.2) is 37.6 Å². The molecule has 1 aromatic heterocycles. The van der Waals surface area contributed by atoms with Crippen LogP contribution in [0.15, 0.2) is 12.1 Å². The van der Waals surface area contributed by atoms with Gasteiger partial charge in [-0.1, -0.05) is 31.4 Å². The number of halogens is 1. The van der Waals surface area contributed by atoms with Gasteiger partial charge in [-0.15, -0.1) is 11.3 Å². The van der Waals surface area contributed by atoms with E-state index in [2.05, 4.69) is 44.3 Å². The molecule has 0 radical (unpaired) electrons. The summed E-state index contributed by atoms with van der Waals surface area (Å²) in [5.41, 5.74) is 0.267. The van der Waals surface area contributed by atoms with Crippen LogP contribution in [0, 0.1) is 5.92 Å². The molecule has 0 aromatic carbocycles. The van der Waals surface area contributed by atoms with E-state index in [0.29, 0.717) is 6.04 Å². The van der Waals surface area contributed by atoms with E-state index >= 15 is 0 Å². The van der Waals surface area contributed by atoms with E-state index in [4.69, 9.17) is 11.6 Å². The lowest BCUT2D eigenvalue weighted by Gasteiger charge is -2.50. The van der Waals surface area contributed by atoms with Gasteiger partial charge in [0.1, 0.15) is 0 Å². The predicted octanol–water partition coefficient (Wildman–Crippen LogP) is 4.04. The van der Waals surface area contributed by atoms with Gasteiger partial charge in [0.2, 0.25) is 0 Å². The molecule has 4 heteroatoms. The molecule has 0 amide bonds. The molecule has 0 bridgehead atoms. The van der Waals surface area contributed by atoms with Crippen LogP contribution in [0.1, 0.15) is 37.5 Å². The summed E-state index contributed by atoms with van der Waals surface area (Å²) in [6.45, 7) is 2.39. The van der Waals surface area contributed by atoms with Gasteiger partial charge in [-0.25, -0.2) is 0 Å². The first-order valence-electron chi connectivity index (χ1n) is 7.57. The highest BCUT2D eigenvalue weighted by molar-refractivity contribution is 7.16. The lowest BCUT2D eigenvalue weighted by atomic mass is 9.70. The lowest BCUT2D eigenvalue weighted by Crippen LogP contribution is -2.61. The molecule has 1 heterocycles. The third kappa shape index (κ3) is 3.38. The summed E-state index contributed by atoms with van der Waals surface area (Å²) in [7, 11) is 6.58. The maximum atomic E-state index is 6.08. The van der Waals surface area contributed by atoms with Gasteiger partial charge in [0, 0.05) is 16.5 Å². The van der Waals surface area contributed by atoms with E-state index in [1.165, 1.54) is 30.6 Å². The summed E-state index contributed by atoms with van der Waals surface area (Å²) in [6, 6.07) is 4.67. The Bertz CT molecular complexity index is 432. The smallest absolute Gasteiger partial charge is 0.0931 e. The minimum absolute atomic E-state index is 0.267. The summed E-state index contributed by atoms with van der Waals surface area (Å²) >= 11 is 7.79. The molecule has 2 nitrogen and oxygen atoms in total. The predicted molar refractivity (Wildman–Crippen MR) is 89.9 cm³/mol. The fourth-order valence-electron chi connectivity index (χ4n) is 3.82. The summed E-state index contributed by atoms with van der Waals surface area (Å²) < 4.78 is 0.894. The van der Waals surface area contributed by atoms with E-state index < -0.39 is 0 Å². The Morgan fingerprint density at radius 2 is 2.25 bits per heavy atom. The zero-order chi connectivity index (χ0) is 14.8. The van der Waals surface area contributed by atoms with Crippen LogP contribution in [0.25, 0.3) is 0 Å². The Balaban J connectivity index is 2.20. The molecule has 3 atom stereocenters. The molecule has 1 aliphatic rings. The Morgan fingerprint density at radius 3 is 2.75 bits per heavy atom. The van der Waals surface area contributed by atoms with E-state index in [1.54, 1.807) is 11.3 Å². The van der Waals surface area contributed by atoms with Crippen molar-refractivity contribution in [2.75, 3.05) is 21.1 Å². The Hall–Kier alpha value is -0.0900. The van der Waals surface area contributed by atoms with Crippen molar-refractivity contribution in [3.8, 4) is 0 Å². The van der Waals surface area contributed by atoms with Crippen molar-refractivity contribution in [2.24, 2.45) is 5.92 Å². The first-order valence-corrected chi connectivity index (χ1v) is 8.76. The number of nitrogens with zero attached hydrogens (tertiary/aromatic N) is 1. The summed E-state index contributed by atoms with van der Waals surface area (Å²) in [5, 5.41) is 3.59. The number of hydrogen-bond donors (Lipinski definition) is 1. The molecule has 114 valence electrons. The van der Waals surface area contributed by atoms with Crippen LogP contribution in [-0.2, 0) is 6.42 Å². The minimum atomic E-state index is 0.267. The standard InChI is InChI=1S/C16H27ClN2S/c1-12-6-5-9-16(11-12,19(3)4)14(18-2)10-13-7-8-15(17)20-13/h7-8,12,14,18H,5-6,9-11H2,1-4H3. The second-order valence-corrected chi connectivity index (χ2v) is 8.25. The van der Waals surface area contributed by atoms with Gasteiger partial charge in [-0.3, -0.25) is 0 Å². The van der Waals surface area contributed by atoms with Crippen LogP contribution in [0.3, 0.4) is 0 Å². The van der Waals surface area contributed by atoms with Crippen molar-refractivity contribution in [3.05, 3.63) is 21.3 Å². The lowest BCUT2D eigenvalue weighted by molar-refractivity contribution is 0.0401. The van der Waals surface area contributed by atoms with Crippen LogP contribution < -0.4 is 5.32 Å². The van der Waals surface area contributed by atoms with Gasteiger partial charge in [0.05, 0.1) is 4.34 Å². The van der Waals surface area contributed by atoms with Crippen LogP contribution >= 0.6 is 22.9 Å². The largest absolute Gasteiger partial charge is 0.315 e. The maximum Gasteiger partial charge on any atom is 0.0931 e. The second kappa shape index (κ2) is 6.78. The van der Waals surface area contributed by atoms with Gasteiger partial charge in [0.15, 0.2) is 0 Å². The Kier molecular flexibility index (Phi) is 5.52.